The van der Waals surface area contributed by atoms with Gasteiger partial charge in [-0.1, -0.05) is 24.3 Å². The van der Waals surface area contributed by atoms with Gasteiger partial charge in [0.05, 0.1) is 31.4 Å². The molecule has 3 aromatic rings. The average molecular weight is 530 g/mol. The molecule has 1 N–H and O–H groups in total. The molecule has 9 heteroatoms. The number of benzene rings is 3. The number of nitrogens with one attached hydrogen (secondary N) is 1. The van der Waals surface area contributed by atoms with Gasteiger partial charge in [0, 0.05) is 12.2 Å². The zero-order chi connectivity index (χ0) is 27.9. The number of hydrogen-bond acceptors (Lipinski definition) is 6. The zero-order valence-electron chi connectivity index (χ0n) is 22.2. The van der Waals surface area contributed by atoms with Gasteiger partial charge in [-0.05, 0) is 79.9 Å². The van der Waals surface area contributed by atoms with Crippen LogP contribution in [0.5, 0.6) is 5.75 Å². The number of anilines is 2. The van der Waals surface area contributed by atoms with E-state index in [1.54, 1.807) is 56.5 Å². The number of hydrogen-bond donors (Lipinski definition) is 1. The summed E-state index contributed by atoms with van der Waals surface area (Å²) in [5, 5.41) is 2.76. The van der Waals surface area contributed by atoms with Crippen molar-refractivity contribution in [1.82, 2.24) is 4.90 Å². The summed E-state index contributed by atoms with van der Waals surface area (Å²) in [5.41, 5.74) is 3.17. The SMILES string of the molecule is CCOC(=O)c1ccc(NC(=O)C[C@H]2C(=O)N(c3cccc(C)c3)C(=O)N2CCc2ccc(OC)cc2)cc1. The Morgan fingerprint density at radius 3 is 2.33 bits per heavy atom. The number of amides is 4. The molecule has 39 heavy (non-hydrogen) atoms. The topological polar surface area (TPSA) is 105 Å². The van der Waals surface area contributed by atoms with Gasteiger partial charge in [-0.15, -0.1) is 0 Å². The molecular formula is C30H31N3O6. The van der Waals surface area contributed by atoms with Gasteiger partial charge in [-0.3, -0.25) is 9.59 Å². The van der Waals surface area contributed by atoms with Crippen molar-refractivity contribution in [2.24, 2.45) is 0 Å². The molecule has 0 saturated carbocycles. The number of ether oxygens (including phenoxy) is 2. The van der Waals surface area contributed by atoms with Crippen LogP contribution in [0.25, 0.3) is 0 Å². The third-order valence-corrected chi connectivity index (χ3v) is 6.44. The van der Waals surface area contributed by atoms with Gasteiger partial charge in [-0.25, -0.2) is 14.5 Å². The molecule has 1 saturated heterocycles. The molecule has 4 amide bonds. The maximum Gasteiger partial charge on any atom is 0.338 e. The van der Waals surface area contributed by atoms with E-state index < -0.39 is 29.9 Å². The Kier molecular flexibility index (Phi) is 8.60. The molecule has 9 nitrogen and oxygen atoms in total. The molecule has 1 aliphatic rings. The third kappa shape index (κ3) is 6.43. The Bertz CT molecular complexity index is 1350. The molecule has 1 fully saturated rings. The molecule has 0 bridgehead atoms. The molecule has 3 aromatic carbocycles. The third-order valence-electron chi connectivity index (χ3n) is 6.44. The minimum atomic E-state index is -0.963. The summed E-state index contributed by atoms with van der Waals surface area (Å²) in [6.45, 7) is 4.13. The van der Waals surface area contributed by atoms with Gasteiger partial charge < -0.3 is 19.7 Å². The average Bonchev–Trinajstić information content (AvgIpc) is 3.16. The Morgan fingerprint density at radius 2 is 1.69 bits per heavy atom. The van der Waals surface area contributed by atoms with Crippen molar-refractivity contribution in [3.8, 4) is 5.75 Å². The first-order valence-electron chi connectivity index (χ1n) is 12.7. The molecule has 0 aliphatic carbocycles. The second-order valence-electron chi connectivity index (χ2n) is 9.15. The Labute approximate surface area is 227 Å². The molecule has 0 radical (unpaired) electrons. The van der Waals surface area contributed by atoms with Gasteiger partial charge in [0.2, 0.25) is 5.91 Å². The number of nitrogens with zero attached hydrogens (tertiary/aromatic N) is 2. The highest BCUT2D eigenvalue weighted by Gasteiger charge is 2.46. The van der Waals surface area contributed by atoms with E-state index in [2.05, 4.69) is 5.32 Å². The van der Waals surface area contributed by atoms with Gasteiger partial charge in [0.1, 0.15) is 11.8 Å². The van der Waals surface area contributed by atoms with E-state index in [4.69, 9.17) is 9.47 Å². The van der Waals surface area contributed by atoms with E-state index in [9.17, 15) is 19.2 Å². The summed E-state index contributed by atoms with van der Waals surface area (Å²) in [6, 6.07) is 19.5. The Morgan fingerprint density at radius 1 is 0.974 bits per heavy atom. The Hall–Kier alpha value is -4.66. The van der Waals surface area contributed by atoms with E-state index in [0.29, 0.717) is 23.4 Å². The quantitative estimate of drug-likeness (QED) is 0.304. The molecule has 0 unspecified atom stereocenters. The lowest BCUT2D eigenvalue weighted by Crippen LogP contribution is -2.39. The maximum absolute atomic E-state index is 13.5. The van der Waals surface area contributed by atoms with Crippen LogP contribution in [0, 0.1) is 6.92 Å². The number of esters is 1. The minimum Gasteiger partial charge on any atom is -0.497 e. The van der Waals surface area contributed by atoms with Gasteiger partial charge in [0.15, 0.2) is 0 Å². The van der Waals surface area contributed by atoms with E-state index >= 15 is 0 Å². The normalized spacial score (nSPS) is 14.9. The number of carbonyl (C=O) groups excluding carboxylic acids is 4. The van der Waals surface area contributed by atoms with Crippen LogP contribution < -0.4 is 15.0 Å². The van der Waals surface area contributed by atoms with E-state index in [1.165, 1.54) is 4.90 Å². The van der Waals surface area contributed by atoms with Crippen LogP contribution in [0.1, 0.15) is 34.8 Å². The fourth-order valence-corrected chi connectivity index (χ4v) is 4.43. The summed E-state index contributed by atoms with van der Waals surface area (Å²) >= 11 is 0. The lowest BCUT2D eigenvalue weighted by atomic mass is 10.1. The Balaban J connectivity index is 1.51. The number of urea groups is 1. The van der Waals surface area contributed by atoms with Gasteiger partial charge in [0.25, 0.3) is 5.91 Å². The molecule has 202 valence electrons. The number of imide groups is 1. The monoisotopic (exact) mass is 529 g/mol. The van der Waals surface area contributed by atoms with E-state index in [0.717, 1.165) is 21.8 Å². The van der Waals surface area contributed by atoms with Gasteiger partial charge >= 0.3 is 12.0 Å². The fraction of sp³-hybridized carbons (Fsp3) is 0.267. The first-order valence-corrected chi connectivity index (χ1v) is 12.7. The van der Waals surface area contributed by atoms with Crippen LogP contribution in [-0.4, -0.2) is 55.0 Å². The minimum absolute atomic E-state index is 0.213. The number of rotatable bonds is 10. The molecule has 1 aliphatic heterocycles. The highest BCUT2D eigenvalue weighted by molar-refractivity contribution is 6.22. The second kappa shape index (κ2) is 12.3. The van der Waals surface area contributed by atoms with Crippen molar-refractivity contribution < 1.29 is 28.7 Å². The standard InChI is InChI=1S/C30H31N3O6/c1-4-39-29(36)22-10-12-23(13-11-22)31-27(34)19-26-28(35)33(24-7-5-6-20(2)18-24)30(37)32(26)17-16-21-8-14-25(38-3)15-9-21/h5-15,18,26H,4,16-17,19H2,1-3H3,(H,31,34)/t26-/m0/s1. The van der Waals surface area contributed by atoms with Crippen LogP contribution >= 0.6 is 0 Å². The van der Waals surface area contributed by atoms with Crippen molar-refractivity contribution in [2.75, 3.05) is 30.5 Å². The second-order valence-corrected chi connectivity index (χ2v) is 9.15. The highest BCUT2D eigenvalue weighted by atomic mass is 16.5. The smallest absolute Gasteiger partial charge is 0.338 e. The lowest BCUT2D eigenvalue weighted by Gasteiger charge is -2.21. The van der Waals surface area contributed by atoms with Crippen LogP contribution in [-0.2, 0) is 20.7 Å². The number of carbonyl (C=O) groups is 4. The van der Waals surface area contributed by atoms with Crippen LogP contribution in [0.4, 0.5) is 16.2 Å². The van der Waals surface area contributed by atoms with Crippen molar-refractivity contribution >= 4 is 35.2 Å². The molecule has 0 spiro atoms. The first-order chi connectivity index (χ1) is 18.8. The van der Waals surface area contributed by atoms with Crippen molar-refractivity contribution in [3.63, 3.8) is 0 Å². The summed E-state index contributed by atoms with van der Waals surface area (Å²) < 4.78 is 10.2. The van der Waals surface area contributed by atoms with E-state index in [-0.39, 0.29) is 19.6 Å². The largest absolute Gasteiger partial charge is 0.497 e. The maximum atomic E-state index is 13.5. The summed E-state index contributed by atoms with van der Waals surface area (Å²) in [5.74, 6) is -0.602. The van der Waals surface area contributed by atoms with Crippen molar-refractivity contribution in [3.05, 3.63) is 89.5 Å². The van der Waals surface area contributed by atoms with Gasteiger partial charge in [-0.2, -0.15) is 0 Å². The molecule has 4 rings (SSSR count). The van der Waals surface area contributed by atoms with Crippen molar-refractivity contribution in [1.29, 1.82) is 0 Å². The molecular weight excluding hydrogens is 498 g/mol. The lowest BCUT2D eigenvalue weighted by molar-refractivity contribution is -0.124. The zero-order valence-corrected chi connectivity index (χ0v) is 22.2. The predicted molar refractivity (Wildman–Crippen MR) is 147 cm³/mol. The molecule has 1 atom stereocenters. The molecule has 1 heterocycles. The van der Waals surface area contributed by atoms with Crippen LogP contribution in [0.3, 0.4) is 0 Å². The van der Waals surface area contributed by atoms with Crippen molar-refractivity contribution in [2.45, 2.75) is 32.7 Å². The summed E-state index contributed by atoms with van der Waals surface area (Å²) in [4.78, 5) is 54.5. The first kappa shape index (κ1) is 27.4. The summed E-state index contributed by atoms with van der Waals surface area (Å²) in [7, 11) is 1.59. The number of methoxy groups -OCH3 is 1. The number of aryl methyl sites for hydroxylation is 1. The summed E-state index contributed by atoms with van der Waals surface area (Å²) in [6.07, 6.45) is 0.285. The van der Waals surface area contributed by atoms with Crippen LogP contribution in [0.2, 0.25) is 0 Å². The highest BCUT2D eigenvalue weighted by Crippen LogP contribution is 2.28. The van der Waals surface area contributed by atoms with Crippen LogP contribution in [0.15, 0.2) is 72.8 Å². The molecule has 0 aromatic heterocycles. The predicted octanol–water partition coefficient (Wildman–Crippen LogP) is 4.59. The van der Waals surface area contributed by atoms with E-state index in [1.807, 2.05) is 37.3 Å². The fourth-order valence-electron chi connectivity index (χ4n) is 4.43.